The average molecular weight is 513 g/mol. The van der Waals surface area contributed by atoms with Gasteiger partial charge < -0.3 is 5.11 Å². The second kappa shape index (κ2) is 12.9. The molecule has 0 aliphatic heterocycles. The summed E-state index contributed by atoms with van der Waals surface area (Å²) in [5.74, 6) is 5.84. The summed E-state index contributed by atoms with van der Waals surface area (Å²) < 4.78 is 0. The van der Waals surface area contributed by atoms with E-state index < -0.39 is 0 Å². The van der Waals surface area contributed by atoms with Crippen molar-refractivity contribution in [3.05, 3.63) is 11.6 Å². The zero-order valence-corrected chi connectivity index (χ0v) is 25.9. The van der Waals surface area contributed by atoms with Gasteiger partial charge in [0.2, 0.25) is 0 Å². The first-order valence-corrected chi connectivity index (χ1v) is 17.1. The number of rotatable bonds is 13. The van der Waals surface area contributed by atoms with Gasteiger partial charge in [-0.1, -0.05) is 117 Å². The van der Waals surface area contributed by atoms with Gasteiger partial charge in [0, 0.05) is 5.92 Å². The lowest BCUT2D eigenvalue weighted by atomic mass is 9.45. The van der Waals surface area contributed by atoms with E-state index in [0.29, 0.717) is 16.7 Å². The molecule has 0 heterocycles. The van der Waals surface area contributed by atoms with Gasteiger partial charge in [-0.2, -0.15) is 0 Å². The highest BCUT2D eigenvalue weighted by atomic mass is 16.3. The van der Waals surface area contributed by atoms with E-state index in [1.165, 1.54) is 109 Å². The highest BCUT2D eigenvalue weighted by Crippen LogP contribution is 2.68. The number of hydrogen-bond acceptors (Lipinski definition) is 1. The quantitative estimate of drug-likeness (QED) is 0.192. The fourth-order valence-electron chi connectivity index (χ4n) is 10.6. The van der Waals surface area contributed by atoms with Crippen molar-refractivity contribution in [3.8, 4) is 0 Å². The van der Waals surface area contributed by atoms with E-state index in [-0.39, 0.29) is 6.10 Å². The Morgan fingerprint density at radius 1 is 0.838 bits per heavy atom. The first-order valence-electron chi connectivity index (χ1n) is 17.1. The van der Waals surface area contributed by atoms with Crippen LogP contribution in [0.2, 0.25) is 0 Å². The number of aliphatic hydroxyl groups excluding tert-OH is 1. The summed E-state index contributed by atoms with van der Waals surface area (Å²) in [4.78, 5) is 0. The van der Waals surface area contributed by atoms with Gasteiger partial charge in [0.05, 0.1) is 6.10 Å². The molecule has 3 saturated carbocycles. The first-order chi connectivity index (χ1) is 17.7. The van der Waals surface area contributed by atoms with Gasteiger partial charge >= 0.3 is 0 Å². The van der Waals surface area contributed by atoms with Gasteiger partial charge in [-0.15, -0.1) is 0 Å². The van der Waals surface area contributed by atoms with Crippen LogP contribution in [0.1, 0.15) is 157 Å². The van der Waals surface area contributed by atoms with Gasteiger partial charge in [0.1, 0.15) is 0 Å². The van der Waals surface area contributed by atoms with Gasteiger partial charge in [0.25, 0.3) is 0 Å². The predicted molar refractivity (Wildman–Crippen MR) is 161 cm³/mol. The molecular formula is C36H64O. The number of hydrogen-bond donors (Lipinski definition) is 1. The Kier molecular flexibility index (Phi) is 10.4. The number of fused-ring (bicyclic) bond motifs is 5. The Bertz CT molecular complexity index is 737. The average Bonchev–Trinajstić information content (AvgIpc) is 3.22. The van der Waals surface area contributed by atoms with E-state index in [1.54, 1.807) is 5.57 Å². The maximum Gasteiger partial charge on any atom is 0.0606 e. The maximum atomic E-state index is 11.1. The monoisotopic (exact) mass is 512 g/mol. The van der Waals surface area contributed by atoms with E-state index in [4.69, 9.17) is 0 Å². The van der Waals surface area contributed by atoms with Crippen molar-refractivity contribution in [2.45, 2.75) is 163 Å². The molecule has 4 rings (SSSR count). The van der Waals surface area contributed by atoms with Crippen LogP contribution in [-0.4, -0.2) is 11.2 Å². The van der Waals surface area contributed by atoms with Crippen LogP contribution in [0.25, 0.3) is 0 Å². The molecule has 0 aromatic carbocycles. The second-order valence-electron chi connectivity index (χ2n) is 15.3. The minimum Gasteiger partial charge on any atom is -0.393 e. The zero-order valence-electron chi connectivity index (χ0n) is 25.9. The van der Waals surface area contributed by atoms with Crippen molar-refractivity contribution >= 4 is 0 Å². The van der Waals surface area contributed by atoms with E-state index in [0.717, 1.165) is 41.9 Å². The van der Waals surface area contributed by atoms with Crippen LogP contribution in [-0.2, 0) is 0 Å². The molecule has 9 atom stereocenters. The van der Waals surface area contributed by atoms with Crippen molar-refractivity contribution < 1.29 is 5.11 Å². The SMILES string of the molecule is CCCCCCCCCC1C2=CC[C@H]3[C@@H]4CC[C@H]([C@H](C)CCCC(C)C)[C@@]4(C)CC[C@@H]3[C@@]2(C)CC[C@@H]1O. The molecule has 4 aliphatic rings. The summed E-state index contributed by atoms with van der Waals surface area (Å²) in [6.07, 6.45) is 27.2. The molecule has 0 amide bonds. The molecule has 0 aromatic rings. The van der Waals surface area contributed by atoms with Crippen LogP contribution < -0.4 is 0 Å². The third-order valence-electron chi connectivity index (χ3n) is 12.7. The third kappa shape index (κ3) is 6.23. The molecule has 4 aliphatic carbocycles. The largest absolute Gasteiger partial charge is 0.393 e. The summed E-state index contributed by atoms with van der Waals surface area (Å²) in [7, 11) is 0. The van der Waals surface area contributed by atoms with Crippen LogP contribution in [0.4, 0.5) is 0 Å². The molecule has 1 heteroatoms. The molecule has 0 aromatic heterocycles. The van der Waals surface area contributed by atoms with Crippen molar-refractivity contribution in [1.29, 1.82) is 0 Å². The Hall–Kier alpha value is -0.300. The molecule has 0 saturated heterocycles. The lowest BCUT2D eigenvalue weighted by Crippen LogP contribution is -2.52. The fraction of sp³-hybridized carbons (Fsp3) is 0.944. The number of unbranched alkanes of at least 4 members (excludes halogenated alkanes) is 6. The molecule has 0 spiro atoms. The van der Waals surface area contributed by atoms with Crippen molar-refractivity contribution in [2.75, 3.05) is 0 Å². The second-order valence-corrected chi connectivity index (χ2v) is 15.3. The lowest BCUT2D eigenvalue weighted by molar-refractivity contribution is -0.0666. The standard InChI is InChI=1S/C36H64O/c1-7-8-9-10-11-12-13-17-29-32-19-18-28-31-21-20-30(27(4)16-14-15-26(2)3)35(31,5)24-22-33(28)36(32,6)25-23-34(29)37/h19,26-31,33-34,37H,7-18,20-25H2,1-6H3/t27-,28+,29?,30-,31+,33+,34+,35-,36+/m1/s1. The van der Waals surface area contributed by atoms with E-state index in [9.17, 15) is 5.11 Å². The normalized spacial score (nSPS) is 40.2. The van der Waals surface area contributed by atoms with Gasteiger partial charge in [-0.05, 0) is 97.7 Å². The van der Waals surface area contributed by atoms with Crippen LogP contribution in [0, 0.1) is 52.3 Å². The molecular weight excluding hydrogens is 448 g/mol. The first kappa shape index (κ1) is 29.7. The van der Waals surface area contributed by atoms with Crippen molar-refractivity contribution in [2.24, 2.45) is 52.3 Å². The van der Waals surface area contributed by atoms with Crippen molar-refractivity contribution in [3.63, 3.8) is 0 Å². The van der Waals surface area contributed by atoms with Crippen LogP contribution >= 0.6 is 0 Å². The predicted octanol–water partition coefficient (Wildman–Crippen LogP) is 10.8. The summed E-state index contributed by atoms with van der Waals surface area (Å²) in [5.41, 5.74) is 2.64. The summed E-state index contributed by atoms with van der Waals surface area (Å²) >= 11 is 0. The van der Waals surface area contributed by atoms with Gasteiger partial charge in [-0.3, -0.25) is 0 Å². The molecule has 3 fully saturated rings. The maximum absolute atomic E-state index is 11.1. The molecule has 37 heavy (non-hydrogen) atoms. The minimum absolute atomic E-state index is 0.0904. The highest BCUT2D eigenvalue weighted by molar-refractivity contribution is 5.28. The van der Waals surface area contributed by atoms with Crippen LogP contribution in [0.3, 0.4) is 0 Å². The number of allylic oxidation sites excluding steroid dienone is 1. The summed E-state index contributed by atoms with van der Waals surface area (Å²) in [5, 5.41) is 11.1. The Morgan fingerprint density at radius 2 is 1.57 bits per heavy atom. The Morgan fingerprint density at radius 3 is 2.30 bits per heavy atom. The Labute approximate surface area is 232 Å². The summed E-state index contributed by atoms with van der Waals surface area (Å²) in [6.45, 7) is 15.0. The van der Waals surface area contributed by atoms with Crippen LogP contribution in [0.15, 0.2) is 11.6 Å². The molecule has 1 unspecified atom stereocenters. The topological polar surface area (TPSA) is 20.2 Å². The van der Waals surface area contributed by atoms with Crippen LogP contribution in [0.5, 0.6) is 0 Å². The highest BCUT2D eigenvalue weighted by Gasteiger charge is 2.59. The van der Waals surface area contributed by atoms with Gasteiger partial charge in [-0.25, -0.2) is 0 Å². The third-order valence-corrected chi connectivity index (χ3v) is 12.7. The lowest BCUT2D eigenvalue weighted by Gasteiger charge is -2.59. The van der Waals surface area contributed by atoms with E-state index in [2.05, 4.69) is 47.6 Å². The molecule has 214 valence electrons. The molecule has 1 N–H and O–H groups in total. The smallest absolute Gasteiger partial charge is 0.0606 e. The van der Waals surface area contributed by atoms with E-state index in [1.807, 2.05) is 0 Å². The molecule has 1 nitrogen and oxygen atoms in total. The minimum atomic E-state index is -0.0904. The molecule has 0 bridgehead atoms. The van der Waals surface area contributed by atoms with Gasteiger partial charge in [0.15, 0.2) is 0 Å². The van der Waals surface area contributed by atoms with E-state index >= 15 is 0 Å². The fourth-order valence-corrected chi connectivity index (χ4v) is 10.6. The number of aliphatic hydroxyl groups is 1. The molecule has 0 radical (unpaired) electrons. The Balaban J connectivity index is 1.40. The summed E-state index contributed by atoms with van der Waals surface area (Å²) in [6, 6.07) is 0. The van der Waals surface area contributed by atoms with Crippen molar-refractivity contribution in [1.82, 2.24) is 0 Å². The zero-order chi connectivity index (χ0) is 26.6.